The van der Waals surface area contributed by atoms with Gasteiger partial charge in [0.15, 0.2) is 11.5 Å². The van der Waals surface area contributed by atoms with Crippen LogP contribution >= 0.6 is 15.9 Å². The third kappa shape index (κ3) is 4.95. The molecule has 1 N–H and O–H groups in total. The van der Waals surface area contributed by atoms with Gasteiger partial charge in [-0.15, -0.1) is 0 Å². The smallest absolute Gasteiger partial charge is 0.162 e. The van der Waals surface area contributed by atoms with E-state index in [0.717, 1.165) is 22.1 Å². The Bertz CT molecular complexity index is 700. The van der Waals surface area contributed by atoms with Gasteiger partial charge in [-0.05, 0) is 48.2 Å². The second-order valence-corrected chi connectivity index (χ2v) is 7.23. The average Bonchev–Trinajstić information content (AvgIpc) is 3.14. The van der Waals surface area contributed by atoms with Crippen molar-refractivity contribution in [2.24, 2.45) is 0 Å². The lowest BCUT2D eigenvalue weighted by Gasteiger charge is -2.16. The minimum atomic E-state index is -0.247. The normalized spacial score (nSPS) is 14.7. The van der Waals surface area contributed by atoms with Crippen molar-refractivity contribution in [1.82, 2.24) is 5.32 Å². The lowest BCUT2D eigenvalue weighted by atomic mass is 10.1. The minimum absolute atomic E-state index is 0.247. The SMILES string of the molecule is COc1cc(CNC2CCCC2)c(Br)cc1OCc1ccc(F)cc1. The zero-order valence-electron chi connectivity index (χ0n) is 14.4. The fraction of sp³-hybridized carbons (Fsp3) is 0.400. The summed E-state index contributed by atoms with van der Waals surface area (Å²) in [7, 11) is 1.64. The molecule has 0 aromatic heterocycles. The van der Waals surface area contributed by atoms with Crippen LogP contribution in [-0.2, 0) is 13.2 Å². The van der Waals surface area contributed by atoms with Gasteiger partial charge in [-0.3, -0.25) is 0 Å². The van der Waals surface area contributed by atoms with Crippen molar-refractivity contribution in [3.05, 3.63) is 57.8 Å². The van der Waals surface area contributed by atoms with E-state index in [2.05, 4.69) is 21.2 Å². The molecular weight excluding hydrogens is 385 g/mol. The largest absolute Gasteiger partial charge is 0.493 e. The van der Waals surface area contributed by atoms with Crippen molar-refractivity contribution in [3.63, 3.8) is 0 Å². The summed E-state index contributed by atoms with van der Waals surface area (Å²) in [5.74, 6) is 1.13. The van der Waals surface area contributed by atoms with Crippen LogP contribution < -0.4 is 14.8 Å². The molecule has 0 atom stereocenters. The molecule has 0 saturated heterocycles. The fourth-order valence-corrected chi connectivity index (χ4v) is 3.57. The summed E-state index contributed by atoms with van der Waals surface area (Å²) in [6.07, 6.45) is 5.15. The molecule has 0 amide bonds. The third-order valence-electron chi connectivity index (χ3n) is 4.58. The molecule has 0 heterocycles. The summed E-state index contributed by atoms with van der Waals surface area (Å²) in [5.41, 5.74) is 2.06. The van der Waals surface area contributed by atoms with Crippen molar-refractivity contribution in [2.75, 3.05) is 7.11 Å². The van der Waals surface area contributed by atoms with E-state index < -0.39 is 0 Å². The highest BCUT2D eigenvalue weighted by Crippen LogP contribution is 2.34. The van der Waals surface area contributed by atoms with Crippen LogP contribution in [-0.4, -0.2) is 13.2 Å². The maximum Gasteiger partial charge on any atom is 0.162 e. The molecule has 0 unspecified atom stereocenters. The monoisotopic (exact) mass is 407 g/mol. The Morgan fingerprint density at radius 3 is 2.52 bits per heavy atom. The zero-order valence-corrected chi connectivity index (χ0v) is 15.9. The Balaban J connectivity index is 1.66. The molecule has 0 radical (unpaired) electrons. The van der Waals surface area contributed by atoms with Gasteiger partial charge in [-0.2, -0.15) is 0 Å². The summed E-state index contributed by atoms with van der Waals surface area (Å²) >= 11 is 3.63. The van der Waals surface area contributed by atoms with E-state index in [-0.39, 0.29) is 5.82 Å². The second-order valence-electron chi connectivity index (χ2n) is 6.37. The highest BCUT2D eigenvalue weighted by molar-refractivity contribution is 9.10. The lowest BCUT2D eigenvalue weighted by Crippen LogP contribution is -2.25. The van der Waals surface area contributed by atoms with Crippen molar-refractivity contribution in [2.45, 2.75) is 44.9 Å². The Hall–Kier alpha value is -1.59. The van der Waals surface area contributed by atoms with E-state index in [4.69, 9.17) is 9.47 Å². The van der Waals surface area contributed by atoms with Crippen molar-refractivity contribution in [3.8, 4) is 11.5 Å². The van der Waals surface area contributed by atoms with Crippen molar-refractivity contribution >= 4 is 15.9 Å². The first-order valence-electron chi connectivity index (χ1n) is 8.63. The average molecular weight is 408 g/mol. The van der Waals surface area contributed by atoms with Crippen LogP contribution in [0.2, 0.25) is 0 Å². The number of nitrogens with one attached hydrogen (secondary N) is 1. The molecule has 3 nitrogen and oxygen atoms in total. The number of benzene rings is 2. The summed E-state index contributed by atoms with van der Waals surface area (Å²) < 4.78 is 25.3. The van der Waals surface area contributed by atoms with Gasteiger partial charge < -0.3 is 14.8 Å². The Kier molecular flexibility index (Phi) is 6.32. The highest BCUT2D eigenvalue weighted by Gasteiger charge is 2.16. The molecule has 1 aliphatic carbocycles. The lowest BCUT2D eigenvalue weighted by molar-refractivity contribution is 0.284. The first-order valence-corrected chi connectivity index (χ1v) is 9.42. The number of halogens is 2. The van der Waals surface area contributed by atoms with Gasteiger partial charge >= 0.3 is 0 Å². The number of hydrogen-bond acceptors (Lipinski definition) is 3. The topological polar surface area (TPSA) is 30.5 Å². The molecule has 25 heavy (non-hydrogen) atoms. The van der Waals surface area contributed by atoms with Crippen LogP contribution in [0, 0.1) is 5.82 Å². The molecule has 3 rings (SSSR count). The number of methoxy groups -OCH3 is 1. The van der Waals surface area contributed by atoms with E-state index in [9.17, 15) is 4.39 Å². The van der Waals surface area contributed by atoms with Crippen LogP contribution in [0.3, 0.4) is 0 Å². The quantitative estimate of drug-likeness (QED) is 0.683. The van der Waals surface area contributed by atoms with Gasteiger partial charge in [0, 0.05) is 17.1 Å². The first kappa shape index (κ1) is 18.2. The Morgan fingerprint density at radius 1 is 1.12 bits per heavy atom. The third-order valence-corrected chi connectivity index (χ3v) is 5.31. The number of ether oxygens (including phenoxy) is 2. The van der Waals surface area contributed by atoms with Gasteiger partial charge in [-0.25, -0.2) is 4.39 Å². The number of rotatable bonds is 7. The summed E-state index contributed by atoms with van der Waals surface area (Å²) in [5, 5.41) is 3.61. The Morgan fingerprint density at radius 2 is 1.84 bits per heavy atom. The molecule has 0 bridgehead atoms. The molecule has 1 aliphatic rings. The molecule has 5 heteroatoms. The molecule has 0 spiro atoms. The molecule has 1 saturated carbocycles. The van der Waals surface area contributed by atoms with Crippen molar-refractivity contribution in [1.29, 1.82) is 0 Å². The van der Waals surface area contributed by atoms with E-state index >= 15 is 0 Å². The summed E-state index contributed by atoms with van der Waals surface area (Å²) in [6.45, 7) is 1.17. The number of hydrogen-bond donors (Lipinski definition) is 1. The molecule has 2 aromatic carbocycles. The highest BCUT2D eigenvalue weighted by atomic mass is 79.9. The van der Waals surface area contributed by atoms with Crippen molar-refractivity contribution < 1.29 is 13.9 Å². The molecule has 1 fully saturated rings. The maximum atomic E-state index is 13.0. The predicted molar refractivity (Wildman–Crippen MR) is 101 cm³/mol. The molecule has 0 aliphatic heterocycles. The first-order chi connectivity index (χ1) is 12.2. The summed E-state index contributed by atoms with van der Waals surface area (Å²) in [6, 6.07) is 10.9. The van der Waals surface area contributed by atoms with Crippen LogP contribution in [0.5, 0.6) is 11.5 Å². The minimum Gasteiger partial charge on any atom is -0.493 e. The van der Waals surface area contributed by atoms with Gasteiger partial charge in [0.1, 0.15) is 12.4 Å². The van der Waals surface area contributed by atoms with Crippen LogP contribution in [0.25, 0.3) is 0 Å². The standard InChI is InChI=1S/C20H23BrFNO2/c1-24-19-10-15(12-23-17-4-2-3-5-17)18(21)11-20(19)25-13-14-6-8-16(22)9-7-14/h6-11,17,23H,2-5,12-13H2,1H3. The van der Waals surface area contributed by atoms with Gasteiger partial charge in [0.25, 0.3) is 0 Å². The Labute approximate surface area is 156 Å². The molecule has 134 valence electrons. The molecular formula is C20H23BrFNO2. The van der Waals surface area contributed by atoms with Gasteiger partial charge in [0.05, 0.1) is 7.11 Å². The zero-order chi connectivity index (χ0) is 17.6. The van der Waals surface area contributed by atoms with E-state index in [1.54, 1.807) is 19.2 Å². The van der Waals surface area contributed by atoms with Crippen LogP contribution in [0.4, 0.5) is 4.39 Å². The fourth-order valence-electron chi connectivity index (χ4n) is 3.11. The molecule has 2 aromatic rings. The second kappa shape index (κ2) is 8.68. The van der Waals surface area contributed by atoms with E-state index in [1.807, 2.05) is 12.1 Å². The van der Waals surface area contributed by atoms with E-state index in [1.165, 1.54) is 37.8 Å². The van der Waals surface area contributed by atoms with E-state index in [0.29, 0.717) is 24.1 Å². The van der Waals surface area contributed by atoms with Gasteiger partial charge in [0.2, 0.25) is 0 Å². The van der Waals surface area contributed by atoms with Crippen LogP contribution in [0.15, 0.2) is 40.9 Å². The predicted octanol–water partition coefficient (Wildman–Crippen LogP) is 5.21. The summed E-state index contributed by atoms with van der Waals surface area (Å²) in [4.78, 5) is 0. The van der Waals surface area contributed by atoms with Crippen LogP contribution in [0.1, 0.15) is 36.8 Å². The van der Waals surface area contributed by atoms with Gasteiger partial charge in [-0.1, -0.05) is 40.9 Å². The maximum absolute atomic E-state index is 13.0.